The van der Waals surface area contributed by atoms with Gasteiger partial charge in [0, 0.05) is 10.5 Å². The van der Waals surface area contributed by atoms with E-state index in [1.165, 1.54) is 4.57 Å². The van der Waals surface area contributed by atoms with E-state index in [-0.39, 0.29) is 17.2 Å². The zero-order valence-electron chi connectivity index (χ0n) is 16.8. The lowest BCUT2D eigenvalue weighted by atomic mass is 10.2. The molecule has 0 atom stereocenters. The highest BCUT2D eigenvalue weighted by Gasteiger charge is 2.18. The van der Waals surface area contributed by atoms with Crippen LogP contribution in [-0.4, -0.2) is 16.5 Å². The quantitative estimate of drug-likeness (QED) is 0.622. The summed E-state index contributed by atoms with van der Waals surface area (Å²) < 4.78 is 3.11. The Balaban J connectivity index is 2.41. The van der Waals surface area contributed by atoms with Crippen LogP contribution < -0.4 is 20.1 Å². The largest absolute Gasteiger partial charge is 0.349 e. The summed E-state index contributed by atoms with van der Waals surface area (Å²) in [5.41, 5.74) is 2.01. The first kappa shape index (κ1) is 21.8. The molecule has 1 N–H and O–H groups in total. The van der Waals surface area contributed by atoms with Crippen molar-refractivity contribution in [3.63, 3.8) is 0 Å². The van der Waals surface area contributed by atoms with Gasteiger partial charge in [0.25, 0.3) is 11.5 Å². The van der Waals surface area contributed by atoms with Crippen LogP contribution in [0.5, 0.6) is 0 Å². The predicted octanol–water partition coefficient (Wildman–Crippen LogP) is 3.00. The van der Waals surface area contributed by atoms with Gasteiger partial charge in [-0.15, -0.1) is 11.3 Å². The number of rotatable bonds is 4. The molecule has 0 unspecified atom stereocenters. The molecule has 1 aromatic heterocycles. The average Bonchev–Trinajstić information content (AvgIpc) is 2.98. The maximum Gasteiger partial charge on any atom is 0.273 e. The van der Waals surface area contributed by atoms with Crippen molar-refractivity contribution >= 4 is 44.8 Å². The fourth-order valence-corrected chi connectivity index (χ4v) is 4.47. The van der Waals surface area contributed by atoms with E-state index in [1.807, 2.05) is 75.4 Å². The number of aryl methyl sites for hydroxylation is 1. The molecular weight excluding hydrogens is 462 g/mol. The van der Waals surface area contributed by atoms with Crippen LogP contribution in [0, 0.1) is 18.3 Å². The molecule has 2 aromatic carbocycles. The lowest BCUT2D eigenvalue weighted by Crippen LogP contribution is -2.36. The second kappa shape index (κ2) is 9.24. The Morgan fingerprint density at radius 2 is 1.97 bits per heavy atom. The first-order chi connectivity index (χ1) is 14.3. The van der Waals surface area contributed by atoms with Gasteiger partial charge in [-0.1, -0.05) is 46.3 Å². The number of hydrogen-bond donors (Lipinski definition) is 1. The molecule has 0 fully saturated rings. The number of benzene rings is 2. The highest BCUT2D eigenvalue weighted by molar-refractivity contribution is 9.10. The van der Waals surface area contributed by atoms with E-state index >= 15 is 0 Å². The van der Waals surface area contributed by atoms with E-state index < -0.39 is 5.91 Å². The molecule has 0 radical (unpaired) electrons. The molecular formula is C23H20BrN3O2S. The van der Waals surface area contributed by atoms with Crippen LogP contribution >= 0.6 is 27.3 Å². The normalized spacial score (nSPS) is 12.6. The molecule has 0 spiro atoms. The summed E-state index contributed by atoms with van der Waals surface area (Å²) in [5, 5.41) is 12.5. The molecule has 0 bridgehead atoms. The number of para-hydroxylation sites is 1. The molecule has 7 heteroatoms. The topological polar surface area (TPSA) is 74.9 Å². The van der Waals surface area contributed by atoms with Crippen molar-refractivity contribution in [2.24, 2.45) is 0 Å². The molecule has 0 aliphatic rings. The van der Waals surface area contributed by atoms with Gasteiger partial charge >= 0.3 is 0 Å². The van der Waals surface area contributed by atoms with Crippen molar-refractivity contribution in [3.05, 3.63) is 83.7 Å². The molecule has 0 saturated heterocycles. The minimum absolute atomic E-state index is 0.0806. The third-order valence-corrected chi connectivity index (χ3v) is 5.88. The summed E-state index contributed by atoms with van der Waals surface area (Å²) in [7, 11) is 0. The van der Waals surface area contributed by atoms with Crippen LogP contribution in [0.25, 0.3) is 17.3 Å². The van der Waals surface area contributed by atoms with Crippen molar-refractivity contribution in [3.8, 4) is 11.8 Å². The Kier molecular flexibility index (Phi) is 6.70. The van der Waals surface area contributed by atoms with Crippen LogP contribution in [-0.2, 0) is 4.79 Å². The van der Waals surface area contributed by atoms with Crippen LogP contribution in [0.2, 0.25) is 0 Å². The van der Waals surface area contributed by atoms with Gasteiger partial charge in [0.05, 0.1) is 10.2 Å². The highest BCUT2D eigenvalue weighted by Crippen LogP contribution is 2.13. The lowest BCUT2D eigenvalue weighted by Gasteiger charge is -2.09. The number of halogens is 1. The van der Waals surface area contributed by atoms with Crippen molar-refractivity contribution in [2.75, 3.05) is 0 Å². The number of hydrogen-bond acceptors (Lipinski definition) is 4. The fraction of sp³-hybridized carbons (Fsp3) is 0.174. The summed E-state index contributed by atoms with van der Waals surface area (Å²) in [5.74, 6) is -0.495. The van der Waals surface area contributed by atoms with Gasteiger partial charge in [0.1, 0.15) is 10.7 Å². The molecule has 0 saturated carbocycles. The Morgan fingerprint density at radius 3 is 2.60 bits per heavy atom. The first-order valence-electron chi connectivity index (χ1n) is 9.32. The second-order valence-electron chi connectivity index (χ2n) is 7.01. The number of carbonyl (C=O) groups is 1. The Hall–Kier alpha value is -2.95. The third kappa shape index (κ3) is 4.61. The van der Waals surface area contributed by atoms with E-state index in [1.54, 1.807) is 6.08 Å². The molecule has 0 aliphatic heterocycles. The van der Waals surface area contributed by atoms with E-state index in [0.717, 1.165) is 26.9 Å². The van der Waals surface area contributed by atoms with Crippen molar-refractivity contribution in [1.29, 1.82) is 5.26 Å². The molecule has 0 aliphatic carbocycles. The SMILES string of the molecule is Cc1ccccc1-n1c(=C(C#N)C(=O)NC(C)C)sc(=Cc2cccc(Br)c2)c1=O. The number of nitriles is 1. The second-order valence-corrected chi connectivity index (χ2v) is 8.96. The molecule has 30 heavy (non-hydrogen) atoms. The summed E-state index contributed by atoms with van der Waals surface area (Å²) >= 11 is 4.57. The summed E-state index contributed by atoms with van der Waals surface area (Å²) in [6, 6.07) is 16.9. The molecule has 1 heterocycles. The van der Waals surface area contributed by atoms with Crippen molar-refractivity contribution in [2.45, 2.75) is 26.8 Å². The van der Waals surface area contributed by atoms with E-state index in [9.17, 15) is 14.9 Å². The molecule has 3 aromatic rings. The predicted molar refractivity (Wildman–Crippen MR) is 124 cm³/mol. The Labute approximate surface area is 186 Å². The highest BCUT2D eigenvalue weighted by atomic mass is 79.9. The number of aromatic nitrogens is 1. The van der Waals surface area contributed by atoms with Gasteiger partial charge in [-0.25, -0.2) is 0 Å². The van der Waals surface area contributed by atoms with Crippen LogP contribution in [0.15, 0.2) is 57.8 Å². The Morgan fingerprint density at radius 1 is 1.23 bits per heavy atom. The van der Waals surface area contributed by atoms with Crippen molar-refractivity contribution in [1.82, 2.24) is 9.88 Å². The van der Waals surface area contributed by atoms with Crippen LogP contribution in [0.3, 0.4) is 0 Å². The summed E-state index contributed by atoms with van der Waals surface area (Å²) in [6.45, 7) is 5.53. The first-order valence-corrected chi connectivity index (χ1v) is 10.9. The van der Waals surface area contributed by atoms with Crippen molar-refractivity contribution < 1.29 is 4.79 Å². The molecule has 152 valence electrons. The van der Waals surface area contributed by atoms with E-state index in [0.29, 0.717) is 14.9 Å². The summed E-state index contributed by atoms with van der Waals surface area (Å²) in [4.78, 5) is 26.1. The maximum atomic E-state index is 13.4. The van der Waals surface area contributed by atoms with Crippen LogP contribution in [0.1, 0.15) is 25.0 Å². The van der Waals surface area contributed by atoms with E-state index in [4.69, 9.17) is 0 Å². The standard InChI is InChI=1S/C23H20BrN3O2S/c1-14(2)26-21(28)18(13-25)23-27(19-10-5-4-7-15(19)3)22(29)20(30-23)12-16-8-6-9-17(24)11-16/h4-12,14H,1-3H3,(H,26,28). The monoisotopic (exact) mass is 481 g/mol. The third-order valence-electron chi connectivity index (χ3n) is 4.30. The average molecular weight is 482 g/mol. The number of carbonyl (C=O) groups excluding carboxylic acids is 1. The summed E-state index contributed by atoms with van der Waals surface area (Å²) in [6.07, 6.45) is 1.77. The van der Waals surface area contributed by atoms with Gasteiger partial charge in [0.15, 0.2) is 5.57 Å². The number of amides is 1. The van der Waals surface area contributed by atoms with Crippen LogP contribution in [0.4, 0.5) is 0 Å². The van der Waals surface area contributed by atoms with Gasteiger partial charge in [-0.3, -0.25) is 14.2 Å². The Bertz CT molecular complexity index is 1330. The lowest BCUT2D eigenvalue weighted by molar-refractivity contribution is -0.116. The molecule has 5 nitrogen and oxygen atoms in total. The number of nitrogens with one attached hydrogen (secondary N) is 1. The zero-order valence-corrected chi connectivity index (χ0v) is 19.2. The number of nitrogens with zero attached hydrogens (tertiary/aromatic N) is 2. The zero-order chi connectivity index (χ0) is 21.8. The van der Waals surface area contributed by atoms with Gasteiger partial charge < -0.3 is 5.32 Å². The fourth-order valence-electron chi connectivity index (χ4n) is 2.96. The van der Waals surface area contributed by atoms with E-state index in [2.05, 4.69) is 21.2 Å². The minimum Gasteiger partial charge on any atom is -0.349 e. The number of thiazole rings is 1. The van der Waals surface area contributed by atoms with Gasteiger partial charge in [-0.2, -0.15) is 5.26 Å². The maximum absolute atomic E-state index is 13.4. The minimum atomic E-state index is -0.495. The molecule has 3 rings (SSSR count). The molecule has 1 amide bonds. The van der Waals surface area contributed by atoms with Gasteiger partial charge in [-0.05, 0) is 56.2 Å². The van der Waals surface area contributed by atoms with Gasteiger partial charge in [0.2, 0.25) is 0 Å². The smallest absolute Gasteiger partial charge is 0.273 e.